The minimum Gasteiger partial charge on any atom is -0.507 e. The summed E-state index contributed by atoms with van der Waals surface area (Å²) in [5, 5.41) is 9.29. The van der Waals surface area contributed by atoms with Gasteiger partial charge in [0.25, 0.3) is 0 Å². The monoisotopic (exact) mass is 305 g/mol. The second kappa shape index (κ2) is 4.61. The molecule has 0 amide bonds. The number of aromatic hydroxyl groups is 1. The molecular weight excluding hydrogens is 299 g/mol. The lowest BCUT2D eigenvalue weighted by atomic mass is 10.2. The number of carbonyl (C=O) groups is 1. The largest absolute Gasteiger partial charge is 0.507 e. The molecule has 0 aliphatic rings. The van der Waals surface area contributed by atoms with E-state index in [1.165, 1.54) is 6.07 Å². The van der Waals surface area contributed by atoms with Crippen LogP contribution in [0.25, 0.3) is 0 Å². The van der Waals surface area contributed by atoms with Crippen molar-refractivity contribution in [1.82, 2.24) is 0 Å². The van der Waals surface area contributed by atoms with E-state index in [1.807, 2.05) is 22.6 Å². The van der Waals surface area contributed by atoms with Crippen molar-refractivity contribution in [1.29, 1.82) is 0 Å². The fourth-order valence-electron chi connectivity index (χ4n) is 0.789. The summed E-state index contributed by atoms with van der Waals surface area (Å²) < 4.78 is 5.39. The van der Waals surface area contributed by atoms with Gasteiger partial charge in [-0.2, -0.15) is 0 Å². The number of benzene rings is 1. The highest BCUT2D eigenvalue weighted by Crippen LogP contribution is 2.20. The first-order valence-corrected chi connectivity index (χ1v) is 5.24. The maximum Gasteiger partial charge on any atom is 0.337 e. The van der Waals surface area contributed by atoms with Crippen molar-refractivity contribution < 1.29 is 14.6 Å². The van der Waals surface area contributed by atoms with Gasteiger partial charge in [-0.1, -0.05) is 0 Å². The molecule has 67 valence electrons. The number of halogens is 1. The molecule has 0 bridgehead atoms. The van der Waals surface area contributed by atoms with E-state index in [-0.39, 0.29) is 12.0 Å². The van der Waals surface area contributed by atoms with Crippen LogP contribution in [0.2, 0.25) is 0 Å². The molecule has 0 atom stereocenters. The van der Waals surface area contributed by atoms with Crippen LogP contribution in [0.15, 0.2) is 18.2 Å². The number of esters is 1. The maximum absolute atomic E-state index is 11.1. The third-order valence-corrected chi connectivity index (χ3v) is 2.44. The molecule has 0 aliphatic heterocycles. The van der Waals surface area contributed by atoms with Gasteiger partial charge in [0, 0.05) is 0 Å². The van der Waals surface area contributed by atoms with E-state index in [0.29, 0.717) is 9.13 Å². The van der Waals surface area contributed by atoms with E-state index >= 15 is 0 Å². The molecule has 0 aliphatic carbocycles. The first-order chi connectivity index (χ1) is 6.15. The molecular formula is C8H6IO3Si. The van der Waals surface area contributed by atoms with Crippen molar-refractivity contribution in [3.63, 3.8) is 0 Å². The molecule has 0 heterocycles. The van der Waals surface area contributed by atoms with Gasteiger partial charge >= 0.3 is 5.97 Å². The number of rotatable bonds is 2. The molecule has 5 heteroatoms. The van der Waals surface area contributed by atoms with Crippen LogP contribution in [0.3, 0.4) is 0 Å². The van der Waals surface area contributed by atoms with Gasteiger partial charge < -0.3 is 9.84 Å². The quantitative estimate of drug-likeness (QED) is 0.509. The van der Waals surface area contributed by atoms with Crippen LogP contribution in [-0.4, -0.2) is 27.5 Å². The van der Waals surface area contributed by atoms with Crippen LogP contribution in [0, 0.1) is 3.57 Å². The van der Waals surface area contributed by atoms with Gasteiger partial charge in [0.15, 0.2) is 0 Å². The van der Waals surface area contributed by atoms with Crippen LogP contribution in [0.5, 0.6) is 5.75 Å². The molecule has 0 fully saturated rings. The van der Waals surface area contributed by atoms with Gasteiger partial charge in [0.1, 0.15) is 5.75 Å². The minimum atomic E-state index is -0.457. The summed E-state index contributed by atoms with van der Waals surface area (Å²) in [4.78, 5) is 11.1. The van der Waals surface area contributed by atoms with Gasteiger partial charge in [-0.05, 0) is 40.8 Å². The van der Waals surface area contributed by atoms with E-state index in [0.717, 1.165) is 0 Å². The summed E-state index contributed by atoms with van der Waals surface area (Å²) in [7, 11) is 3.02. The van der Waals surface area contributed by atoms with E-state index in [4.69, 9.17) is 0 Å². The summed E-state index contributed by atoms with van der Waals surface area (Å²) in [5.74, 6) is -0.370. The number of phenolic OH excluding ortho intramolecular Hbond substituents is 1. The highest BCUT2D eigenvalue weighted by atomic mass is 127. The van der Waals surface area contributed by atoms with Crippen LogP contribution >= 0.6 is 22.6 Å². The van der Waals surface area contributed by atoms with Gasteiger partial charge in [0.2, 0.25) is 0 Å². The fraction of sp³-hybridized carbons (Fsp3) is 0.125. The molecule has 0 saturated carbocycles. The van der Waals surface area contributed by atoms with Gasteiger partial charge in [-0.25, -0.2) is 4.79 Å². The van der Waals surface area contributed by atoms with Crippen molar-refractivity contribution in [2.75, 3.05) is 6.23 Å². The standard InChI is InChI=1S/C8H6IO3Si/c9-6-2-1-5(3-7(6)10)8(11)12-4-13/h1-3,10H,4H2. The Hall–Kier alpha value is -0.563. The Balaban J connectivity index is 2.90. The normalized spacial score (nSPS) is 9.69. The van der Waals surface area contributed by atoms with Crippen molar-refractivity contribution in [3.8, 4) is 5.75 Å². The zero-order chi connectivity index (χ0) is 9.84. The molecule has 0 aromatic heterocycles. The number of ether oxygens (including phenoxy) is 1. The molecule has 0 saturated heterocycles. The molecule has 1 N–H and O–H groups in total. The Morgan fingerprint density at radius 1 is 1.62 bits per heavy atom. The predicted octanol–water partition coefficient (Wildman–Crippen LogP) is 1.28. The zero-order valence-corrected chi connectivity index (χ0v) is 9.74. The van der Waals surface area contributed by atoms with Crippen LogP contribution in [-0.2, 0) is 4.74 Å². The first-order valence-electron chi connectivity index (χ1n) is 3.45. The smallest absolute Gasteiger partial charge is 0.337 e. The third kappa shape index (κ3) is 2.70. The number of carbonyl (C=O) groups excluding carboxylic acids is 1. The van der Waals surface area contributed by atoms with E-state index in [2.05, 4.69) is 15.0 Å². The lowest BCUT2D eigenvalue weighted by Crippen LogP contribution is -2.05. The van der Waals surface area contributed by atoms with Gasteiger partial charge in [0.05, 0.1) is 25.6 Å². The Labute approximate surface area is 92.7 Å². The summed E-state index contributed by atoms with van der Waals surface area (Å²) in [5.41, 5.74) is 0.344. The Morgan fingerprint density at radius 2 is 2.31 bits per heavy atom. The summed E-state index contributed by atoms with van der Waals surface area (Å²) in [6.45, 7) is 0. The van der Waals surface area contributed by atoms with Crippen molar-refractivity contribution in [3.05, 3.63) is 27.3 Å². The average Bonchev–Trinajstić information content (AvgIpc) is 2.10. The average molecular weight is 305 g/mol. The van der Waals surface area contributed by atoms with E-state index in [9.17, 15) is 9.90 Å². The summed E-state index contributed by atoms with van der Waals surface area (Å²) in [6.07, 6.45) is 0.144. The summed E-state index contributed by atoms with van der Waals surface area (Å²) in [6, 6.07) is 4.64. The van der Waals surface area contributed by atoms with E-state index in [1.54, 1.807) is 12.1 Å². The highest BCUT2D eigenvalue weighted by molar-refractivity contribution is 14.1. The lowest BCUT2D eigenvalue weighted by Gasteiger charge is -2.02. The number of phenols is 1. The van der Waals surface area contributed by atoms with Gasteiger partial charge in [-0.15, -0.1) is 0 Å². The number of hydrogen-bond donors (Lipinski definition) is 1. The lowest BCUT2D eigenvalue weighted by molar-refractivity contribution is 0.0573. The first kappa shape index (κ1) is 10.5. The zero-order valence-electron chi connectivity index (χ0n) is 6.58. The molecule has 1 aromatic rings. The van der Waals surface area contributed by atoms with Crippen LogP contribution < -0.4 is 0 Å². The minimum absolute atomic E-state index is 0.0870. The van der Waals surface area contributed by atoms with E-state index < -0.39 is 5.97 Å². The molecule has 0 unspecified atom stereocenters. The van der Waals surface area contributed by atoms with Crippen LogP contribution in [0.4, 0.5) is 0 Å². The number of hydrogen-bond acceptors (Lipinski definition) is 3. The van der Waals surface area contributed by atoms with Crippen molar-refractivity contribution >= 4 is 38.8 Å². The highest BCUT2D eigenvalue weighted by Gasteiger charge is 2.07. The fourth-order valence-corrected chi connectivity index (χ4v) is 1.26. The Morgan fingerprint density at radius 3 is 2.85 bits per heavy atom. The molecule has 1 rings (SSSR count). The summed E-state index contributed by atoms with van der Waals surface area (Å²) >= 11 is 1.97. The van der Waals surface area contributed by atoms with Crippen molar-refractivity contribution in [2.24, 2.45) is 0 Å². The van der Waals surface area contributed by atoms with Gasteiger partial charge in [-0.3, -0.25) is 0 Å². The third-order valence-electron chi connectivity index (χ3n) is 1.39. The predicted molar refractivity (Wildman–Crippen MR) is 56.9 cm³/mol. The maximum atomic E-state index is 11.1. The second-order valence-corrected chi connectivity index (χ2v) is 3.69. The van der Waals surface area contributed by atoms with Crippen molar-refractivity contribution in [2.45, 2.75) is 0 Å². The Bertz CT molecular complexity index is 327. The van der Waals surface area contributed by atoms with Crippen LogP contribution in [0.1, 0.15) is 10.4 Å². The Kier molecular flexibility index (Phi) is 3.73. The molecule has 3 radical (unpaired) electrons. The topological polar surface area (TPSA) is 46.5 Å². The molecule has 1 aromatic carbocycles. The molecule has 3 nitrogen and oxygen atoms in total. The SMILES string of the molecule is O=C(OC[Si])c1ccc(I)c(O)c1. The molecule has 13 heavy (non-hydrogen) atoms. The second-order valence-electron chi connectivity index (χ2n) is 2.24. The molecule has 0 spiro atoms.